The molecule has 1 aliphatic heterocycles. The maximum atomic E-state index is 13.7. The topological polar surface area (TPSA) is 70.3 Å². The minimum Gasteiger partial charge on any atom is -0.379 e. The largest absolute Gasteiger partial charge is 0.379 e. The van der Waals surface area contributed by atoms with Gasteiger partial charge in [-0.2, -0.15) is 5.26 Å². The summed E-state index contributed by atoms with van der Waals surface area (Å²) in [6.07, 6.45) is 0.856. The van der Waals surface area contributed by atoms with Gasteiger partial charge in [-0.3, -0.25) is 9.69 Å². The van der Waals surface area contributed by atoms with Gasteiger partial charge in [-0.25, -0.2) is 0 Å². The standard InChI is InChI=1S/C27H29ClN4O2.CH4/c1-27(2)16-19-4-3-18(17-29)13-22(19)25(27)30-26(33)24-15-20-14-21(28)5-6-23(20)32(24)8-7-31-9-11-34-12-10-31;/h3-6,13-15,25H,7-12,16H2,1-2H3,(H,30,33);1H4/t25-;/m0./s1. The maximum Gasteiger partial charge on any atom is 0.268 e. The third-order valence-corrected chi connectivity index (χ3v) is 7.36. The molecule has 0 spiro atoms. The molecule has 1 aromatic heterocycles. The number of carbonyl (C=O) groups excluding carboxylic acids is 1. The van der Waals surface area contributed by atoms with Crippen LogP contribution >= 0.6 is 11.6 Å². The molecule has 1 saturated heterocycles. The van der Waals surface area contributed by atoms with E-state index in [1.165, 1.54) is 5.56 Å². The highest BCUT2D eigenvalue weighted by Crippen LogP contribution is 2.45. The predicted molar refractivity (Wildman–Crippen MR) is 140 cm³/mol. The summed E-state index contributed by atoms with van der Waals surface area (Å²) in [5.41, 5.74) is 4.32. The van der Waals surface area contributed by atoms with Gasteiger partial charge in [0.15, 0.2) is 0 Å². The number of carbonyl (C=O) groups is 1. The van der Waals surface area contributed by atoms with Gasteiger partial charge in [0.1, 0.15) is 5.69 Å². The Morgan fingerprint density at radius 1 is 1.17 bits per heavy atom. The lowest BCUT2D eigenvalue weighted by molar-refractivity contribution is 0.0364. The van der Waals surface area contributed by atoms with Gasteiger partial charge in [-0.1, -0.05) is 38.9 Å². The number of rotatable bonds is 5. The molecule has 1 fully saturated rings. The normalized spacial score (nSPS) is 19.1. The number of fused-ring (bicyclic) bond motifs is 2. The molecule has 2 heterocycles. The number of aromatic nitrogens is 1. The van der Waals surface area contributed by atoms with E-state index in [9.17, 15) is 10.1 Å². The lowest BCUT2D eigenvalue weighted by Crippen LogP contribution is -2.39. The first kappa shape index (κ1) is 25.2. The molecule has 6 nitrogen and oxygen atoms in total. The van der Waals surface area contributed by atoms with Crippen LogP contribution in [0.1, 0.15) is 54.5 Å². The molecule has 3 aromatic rings. The smallest absolute Gasteiger partial charge is 0.268 e. The number of hydrogen-bond acceptors (Lipinski definition) is 4. The molecule has 0 saturated carbocycles. The zero-order valence-electron chi connectivity index (χ0n) is 19.6. The Balaban J connectivity index is 0.00000289. The van der Waals surface area contributed by atoms with Crippen LogP contribution in [0.15, 0.2) is 42.5 Å². The van der Waals surface area contributed by atoms with Crippen LogP contribution in [-0.2, 0) is 17.7 Å². The molecule has 35 heavy (non-hydrogen) atoms. The fraction of sp³-hybridized carbons (Fsp3) is 0.429. The van der Waals surface area contributed by atoms with Gasteiger partial charge in [0.2, 0.25) is 0 Å². The summed E-state index contributed by atoms with van der Waals surface area (Å²) >= 11 is 6.26. The van der Waals surface area contributed by atoms with E-state index in [1.807, 2.05) is 42.5 Å². The van der Waals surface area contributed by atoms with Crippen molar-refractivity contribution in [1.29, 1.82) is 5.26 Å². The Labute approximate surface area is 212 Å². The van der Waals surface area contributed by atoms with E-state index >= 15 is 0 Å². The number of nitrogens with one attached hydrogen (secondary N) is 1. The molecule has 2 aliphatic rings. The Bertz CT molecular complexity index is 1280. The van der Waals surface area contributed by atoms with Crippen molar-refractivity contribution in [3.05, 3.63) is 69.9 Å². The van der Waals surface area contributed by atoms with Crippen LogP contribution in [0.25, 0.3) is 10.9 Å². The van der Waals surface area contributed by atoms with Crippen LogP contribution in [0, 0.1) is 16.7 Å². The average molecular weight is 493 g/mol. The van der Waals surface area contributed by atoms with E-state index in [0.29, 0.717) is 22.8 Å². The van der Waals surface area contributed by atoms with Crippen molar-refractivity contribution in [2.45, 2.75) is 40.3 Å². The molecule has 0 unspecified atom stereocenters. The number of hydrogen-bond donors (Lipinski definition) is 1. The summed E-state index contributed by atoms with van der Waals surface area (Å²) in [4.78, 5) is 16.1. The highest BCUT2D eigenvalue weighted by atomic mass is 35.5. The Morgan fingerprint density at radius 2 is 1.94 bits per heavy atom. The first-order valence-electron chi connectivity index (χ1n) is 11.8. The van der Waals surface area contributed by atoms with E-state index in [2.05, 4.69) is 34.7 Å². The molecule has 2 aromatic carbocycles. The van der Waals surface area contributed by atoms with Gasteiger partial charge < -0.3 is 14.6 Å². The van der Waals surface area contributed by atoms with E-state index < -0.39 is 0 Å². The van der Waals surface area contributed by atoms with E-state index in [0.717, 1.165) is 55.7 Å². The molecule has 5 rings (SSSR count). The van der Waals surface area contributed by atoms with Crippen LogP contribution in [-0.4, -0.2) is 48.2 Å². The number of nitrogens with zero attached hydrogens (tertiary/aromatic N) is 3. The lowest BCUT2D eigenvalue weighted by atomic mass is 9.85. The number of morpholine rings is 1. The van der Waals surface area contributed by atoms with Gasteiger partial charge in [0, 0.05) is 42.1 Å². The highest BCUT2D eigenvalue weighted by molar-refractivity contribution is 6.31. The van der Waals surface area contributed by atoms with Crippen molar-refractivity contribution in [2.75, 3.05) is 32.8 Å². The number of nitriles is 1. The molecule has 1 amide bonds. The monoisotopic (exact) mass is 492 g/mol. The van der Waals surface area contributed by atoms with Crippen LogP contribution in [0.2, 0.25) is 5.02 Å². The second kappa shape index (κ2) is 10.0. The summed E-state index contributed by atoms with van der Waals surface area (Å²) < 4.78 is 7.58. The molecule has 1 N–H and O–H groups in total. The van der Waals surface area contributed by atoms with Crippen molar-refractivity contribution < 1.29 is 9.53 Å². The maximum absolute atomic E-state index is 13.7. The van der Waals surface area contributed by atoms with Crippen molar-refractivity contribution in [3.63, 3.8) is 0 Å². The fourth-order valence-corrected chi connectivity index (χ4v) is 5.50. The Morgan fingerprint density at radius 3 is 2.69 bits per heavy atom. The van der Waals surface area contributed by atoms with Gasteiger partial charge in [0.25, 0.3) is 5.91 Å². The average Bonchev–Trinajstić information content (AvgIpc) is 3.31. The van der Waals surface area contributed by atoms with Gasteiger partial charge in [0.05, 0.1) is 30.9 Å². The molecule has 7 heteroatoms. The van der Waals surface area contributed by atoms with E-state index in [-0.39, 0.29) is 24.8 Å². The van der Waals surface area contributed by atoms with Crippen LogP contribution in [0.5, 0.6) is 0 Å². The number of ether oxygens (including phenoxy) is 1. The fourth-order valence-electron chi connectivity index (χ4n) is 5.32. The summed E-state index contributed by atoms with van der Waals surface area (Å²) in [6, 6.07) is 15.6. The summed E-state index contributed by atoms with van der Waals surface area (Å²) in [5, 5.41) is 14.3. The minimum atomic E-state index is -0.169. The Kier molecular flexibility index (Phi) is 7.23. The molecule has 1 aliphatic carbocycles. The van der Waals surface area contributed by atoms with Crippen molar-refractivity contribution in [3.8, 4) is 6.07 Å². The van der Waals surface area contributed by atoms with Gasteiger partial charge in [-0.15, -0.1) is 0 Å². The van der Waals surface area contributed by atoms with Crippen LogP contribution in [0.4, 0.5) is 0 Å². The number of halogens is 1. The second-order valence-corrected chi connectivity index (χ2v) is 10.4. The third kappa shape index (κ3) is 4.95. The predicted octanol–water partition coefficient (Wildman–Crippen LogP) is 5.19. The molecule has 184 valence electrons. The zero-order valence-corrected chi connectivity index (χ0v) is 20.4. The SMILES string of the molecule is C.CC1(C)Cc2ccc(C#N)cc2[C@@H]1NC(=O)c1cc2cc(Cl)ccc2n1CCN1CCOCC1. The number of benzene rings is 2. The minimum absolute atomic E-state index is 0. The molecular formula is C28H33ClN4O2. The quantitative estimate of drug-likeness (QED) is 0.532. The van der Waals surface area contributed by atoms with E-state index in [4.69, 9.17) is 16.3 Å². The molecule has 0 radical (unpaired) electrons. The van der Waals surface area contributed by atoms with Gasteiger partial charge in [-0.05, 0) is 59.4 Å². The summed E-state index contributed by atoms with van der Waals surface area (Å²) in [5.74, 6) is -0.109. The molecule has 0 bridgehead atoms. The van der Waals surface area contributed by atoms with Gasteiger partial charge >= 0.3 is 0 Å². The first-order valence-corrected chi connectivity index (χ1v) is 12.2. The van der Waals surface area contributed by atoms with Crippen molar-refractivity contribution in [2.24, 2.45) is 5.41 Å². The summed E-state index contributed by atoms with van der Waals surface area (Å²) in [6.45, 7) is 9.18. The van der Waals surface area contributed by atoms with Crippen LogP contribution in [0.3, 0.4) is 0 Å². The lowest BCUT2D eigenvalue weighted by Gasteiger charge is -2.29. The highest BCUT2D eigenvalue weighted by Gasteiger charge is 2.40. The summed E-state index contributed by atoms with van der Waals surface area (Å²) in [7, 11) is 0. The van der Waals surface area contributed by atoms with Crippen LogP contribution < -0.4 is 5.32 Å². The molecule has 1 atom stereocenters. The Hall–Kier alpha value is -2.85. The zero-order chi connectivity index (χ0) is 23.9. The van der Waals surface area contributed by atoms with Crippen molar-refractivity contribution >= 4 is 28.4 Å². The third-order valence-electron chi connectivity index (χ3n) is 7.13. The van der Waals surface area contributed by atoms with Crippen molar-refractivity contribution in [1.82, 2.24) is 14.8 Å². The number of amides is 1. The molecular weight excluding hydrogens is 460 g/mol. The second-order valence-electron chi connectivity index (χ2n) is 9.94. The van der Waals surface area contributed by atoms with E-state index in [1.54, 1.807) is 0 Å². The first-order chi connectivity index (χ1) is 16.4.